The second kappa shape index (κ2) is 11.4. The number of aromatic nitrogens is 1. The lowest BCUT2D eigenvalue weighted by atomic mass is 9.61. The van der Waals surface area contributed by atoms with Crippen molar-refractivity contribution in [2.45, 2.75) is 5.41 Å². The van der Waals surface area contributed by atoms with Crippen LogP contribution in [0.4, 0.5) is 17.1 Å². The van der Waals surface area contributed by atoms with Crippen molar-refractivity contribution in [3.8, 4) is 27.9 Å². The predicted octanol–water partition coefficient (Wildman–Crippen LogP) is 13.8. The van der Waals surface area contributed by atoms with Gasteiger partial charge in [0.2, 0.25) is 0 Å². The minimum Gasteiger partial charge on any atom is -0.310 e. The summed E-state index contributed by atoms with van der Waals surface area (Å²) in [5.74, 6) is 0. The summed E-state index contributed by atoms with van der Waals surface area (Å²) in [5.41, 5.74) is 11.1. The van der Waals surface area contributed by atoms with Gasteiger partial charge in [-0.1, -0.05) is 152 Å². The average Bonchev–Trinajstić information content (AvgIpc) is 3.79. The first-order valence-electron chi connectivity index (χ1n) is 21.6. The third-order valence-corrected chi connectivity index (χ3v) is 11.7. The van der Waals surface area contributed by atoms with Crippen LogP contribution >= 0.6 is 0 Å². The van der Waals surface area contributed by atoms with Crippen molar-refractivity contribution in [2.75, 3.05) is 4.90 Å². The van der Waals surface area contributed by atoms with Crippen LogP contribution in [-0.2, 0) is 5.41 Å². The quantitative estimate of drug-likeness (QED) is 0.177. The third-order valence-electron chi connectivity index (χ3n) is 11.7. The maximum absolute atomic E-state index is 9.79. The fourth-order valence-electron chi connectivity index (χ4n) is 9.56. The number of hydrogen-bond acceptors (Lipinski definition) is 1. The number of para-hydroxylation sites is 3. The van der Waals surface area contributed by atoms with Gasteiger partial charge in [0.15, 0.2) is 0 Å². The molecule has 0 saturated heterocycles. The fourth-order valence-corrected chi connectivity index (χ4v) is 9.56. The molecule has 2 aliphatic rings. The van der Waals surface area contributed by atoms with Gasteiger partial charge in [0.05, 0.1) is 24.7 Å². The zero-order valence-electron chi connectivity index (χ0n) is 35.6. The molecule has 0 fully saturated rings. The molecule has 0 atom stereocenters. The maximum atomic E-state index is 9.79. The number of rotatable bonds is 4. The molecule has 0 radical (unpaired) electrons. The van der Waals surface area contributed by atoms with Crippen molar-refractivity contribution in [3.05, 3.63) is 228 Å². The molecule has 2 heteroatoms. The molecule has 1 aromatic heterocycles. The second-order valence-electron chi connectivity index (χ2n) is 14.4. The highest BCUT2D eigenvalue weighted by atomic mass is 15.1. The van der Waals surface area contributed by atoms with Crippen LogP contribution in [0.2, 0.25) is 0 Å². The minimum atomic E-state index is -1.15. The lowest BCUT2D eigenvalue weighted by Crippen LogP contribution is -2.32. The van der Waals surface area contributed by atoms with Crippen LogP contribution in [0.3, 0.4) is 0 Å². The molecule has 1 spiro atoms. The van der Waals surface area contributed by atoms with Crippen LogP contribution in [0.25, 0.3) is 60.5 Å². The van der Waals surface area contributed by atoms with E-state index in [2.05, 4.69) is 125 Å². The summed E-state index contributed by atoms with van der Waals surface area (Å²) in [5, 5.41) is 2.86. The molecule has 0 N–H and O–H groups in total. The van der Waals surface area contributed by atoms with Gasteiger partial charge < -0.3 is 9.47 Å². The zero-order valence-corrected chi connectivity index (χ0v) is 29.6. The largest absolute Gasteiger partial charge is 0.310 e. The van der Waals surface area contributed by atoms with Gasteiger partial charge in [-0.15, -0.1) is 0 Å². The normalized spacial score (nSPS) is 14.8. The summed E-state index contributed by atoms with van der Waals surface area (Å²) in [6.45, 7) is 0. The standard InChI is InChI=1S/C53H34N2/c1-3-17-36(18-4-1)54(39-30-32-44-43-23-9-12-28-50(43)55(51(44)34-39)37-19-5-2-6-20-37)38-29-31-42-45-24-13-15-35-16-14-27-48(52(35)45)53(49(42)33-38)46-25-10-7-21-40(46)41-22-8-11-26-47(41)53/h1-34H/i13D,14D,15D,16D,24D,27D. The van der Waals surface area contributed by atoms with Gasteiger partial charge in [0, 0.05) is 33.5 Å². The van der Waals surface area contributed by atoms with Gasteiger partial charge >= 0.3 is 0 Å². The first kappa shape index (κ1) is 25.0. The highest BCUT2D eigenvalue weighted by molar-refractivity contribution is 6.11. The number of anilines is 3. The molecule has 2 nitrogen and oxygen atoms in total. The Balaban J connectivity index is 1.21. The summed E-state index contributed by atoms with van der Waals surface area (Å²) in [4.78, 5) is 2.24. The number of hydrogen-bond donors (Lipinski definition) is 0. The lowest BCUT2D eigenvalue weighted by molar-refractivity contribution is 0.773. The van der Waals surface area contributed by atoms with E-state index in [0.29, 0.717) is 22.1 Å². The Morgan fingerprint density at radius 2 is 1.02 bits per heavy atom. The number of benzene rings is 9. The van der Waals surface area contributed by atoms with Crippen molar-refractivity contribution < 1.29 is 8.22 Å². The molecular weight excluding hydrogens is 665 g/mol. The molecule has 256 valence electrons. The van der Waals surface area contributed by atoms with E-state index in [1.807, 2.05) is 54.6 Å². The highest BCUT2D eigenvalue weighted by Crippen LogP contribution is 2.62. The van der Waals surface area contributed by atoms with Gasteiger partial charge in [-0.3, -0.25) is 0 Å². The lowest BCUT2D eigenvalue weighted by Gasteiger charge is -2.40. The van der Waals surface area contributed by atoms with Crippen molar-refractivity contribution in [3.63, 3.8) is 0 Å². The van der Waals surface area contributed by atoms with E-state index < -0.39 is 5.41 Å². The molecule has 2 aliphatic carbocycles. The molecule has 0 amide bonds. The number of fused-ring (bicyclic) bond motifs is 12. The molecule has 0 unspecified atom stereocenters. The Morgan fingerprint density at radius 1 is 0.418 bits per heavy atom. The molecule has 0 bridgehead atoms. The molecule has 0 aliphatic heterocycles. The summed E-state index contributed by atoms with van der Waals surface area (Å²) in [6.07, 6.45) is 0. The molecule has 0 saturated carbocycles. The summed E-state index contributed by atoms with van der Waals surface area (Å²) >= 11 is 0. The van der Waals surface area contributed by atoms with E-state index >= 15 is 0 Å². The van der Waals surface area contributed by atoms with Gasteiger partial charge in [-0.2, -0.15) is 0 Å². The van der Waals surface area contributed by atoms with Crippen molar-refractivity contribution in [1.29, 1.82) is 0 Å². The van der Waals surface area contributed by atoms with E-state index in [1.165, 1.54) is 0 Å². The maximum Gasteiger partial charge on any atom is 0.0726 e. The predicted molar refractivity (Wildman–Crippen MR) is 229 cm³/mol. The van der Waals surface area contributed by atoms with Gasteiger partial charge in [-0.05, 0) is 110 Å². The Labute approximate surface area is 328 Å². The van der Waals surface area contributed by atoms with E-state index in [-0.39, 0.29) is 41.6 Å². The van der Waals surface area contributed by atoms with Crippen LogP contribution in [0.15, 0.2) is 206 Å². The van der Waals surface area contributed by atoms with Gasteiger partial charge in [0.1, 0.15) is 0 Å². The van der Waals surface area contributed by atoms with Gasteiger partial charge in [0.25, 0.3) is 0 Å². The Bertz CT molecular complexity index is 3450. The highest BCUT2D eigenvalue weighted by Gasteiger charge is 2.50. The second-order valence-corrected chi connectivity index (χ2v) is 14.4. The molecule has 55 heavy (non-hydrogen) atoms. The Kier molecular flexibility index (Phi) is 5.18. The zero-order chi connectivity index (χ0) is 41.3. The van der Waals surface area contributed by atoms with Crippen molar-refractivity contribution in [1.82, 2.24) is 4.57 Å². The van der Waals surface area contributed by atoms with E-state index in [0.717, 1.165) is 72.4 Å². The monoisotopic (exact) mass is 704 g/mol. The minimum absolute atomic E-state index is 0.114. The SMILES string of the molecule is [2H]c1c([2H])c2c3c(c([2H])c([2H])c([2H])c3c1[2H])C1(c3ccccc3-c3ccccc31)c1cc(N(c3ccccc3)c3ccc4c5ccccc5n(-c5ccccc5)c4c3)ccc1-2. The first-order valence-corrected chi connectivity index (χ1v) is 18.6. The molecule has 10 aromatic rings. The van der Waals surface area contributed by atoms with Crippen LogP contribution in [0.1, 0.15) is 30.5 Å². The van der Waals surface area contributed by atoms with Crippen molar-refractivity contribution >= 4 is 49.6 Å². The smallest absolute Gasteiger partial charge is 0.0726 e. The summed E-state index contributed by atoms with van der Waals surface area (Å²) in [6, 6.07) is 57.0. The van der Waals surface area contributed by atoms with E-state index in [4.69, 9.17) is 4.11 Å². The fraction of sp³-hybridized carbons (Fsp3) is 0.0189. The van der Waals surface area contributed by atoms with Crippen LogP contribution in [0, 0.1) is 0 Å². The molecular formula is C53H34N2. The third kappa shape index (κ3) is 4.08. The molecule has 12 rings (SSSR count). The Morgan fingerprint density at radius 3 is 1.80 bits per heavy atom. The van der Waals surface area contributed by atoms with E-state index in [9.17, 15) is 4.11 Å². The average molecular weight is 705 g/mol. The van der Waals surface area contributed by atoms with Crippen molar-refractivity contribution in [2.24, 2.45) is 0 Å². The number of nitrogens with zero attached hydrogens (tertiary/aromatic N) is 2. The van der Waals surface area contributed by atoms with Crippen LogP contribution in [-0.4, -0.2) is 4.57 Å². The topological polar surface area (TPSA) is 8.17 Å². The molecule has 9 aromatic carbocycles. The van der Waals surface area contributed by atoms with Crippen LogP contribution < -0.4 is 4.90 Å². The van der Waals surface area contributed by atoms with Crippen LogP contribution in [0.5, 0.6) is 0 Å². The van der Waals surface area contributed by atoms with E-state index in [1.54, 1.807) is 0 Å². The van der Waals surface area contributed by atoms with Gasteiger partial charge in [-0.25, -0.2) is 0 Å². The Hall–Kier alpha value is -7.16. The summed E-state index contributed by atoms with van der Waals surface area (Å²) < 4.78 is 58.0. The first-order chi connectivity index (χ1) is 29.8. The molecule has 1 heterocycles. The summed E-state index contributed by atoms with van der Waals surface area (Å²) in [7, 11) is 0.